The monoisotopic (exact) mass is 142 g/mol. The Labute approximate surface area is 65.0 Å². The molecule has 1 radical (unpaired) electrons. The summed E-state index contributed by atoms with van der Waals surface area (Å²) in [6.07, 6.45) is 3.62. The topological polar surface area (TPSA) is 26.0 Å². The number of rotatable bonds is 5. The Kier molecular flexibility index (Phi) is 5.70. The Morgan fingerprint density at radius 1 is 1.30 bits per heavy atom. The maximum Gasteiger partial charge on any atom is -0.00773 e. The van der Waals surface area contributed by atoms with E-state index in [4.69, 9.17) is 5.73 Å². The van der Waals surface area contributed by atoms with Crippen molar-refractivity contribution in [1.29, 1.82) is 0 Å². The maximum absolute atomic E-state index is 5.37. The summed E-state index contributed by atoms with van der Waals surface area (Å²) >= 11 is 0. The van der Waals surface area contributed by atoms with E-state index in [1.54, 1.807) is 0 Å². The van der Waals surface area contributed by atoms with Crippen molar-refractivity contribution in [3.8, 4) is 0 Å². The molecule has 0 aromatic carbocycles. The van der Waals surface area contributed by atoms with E-state index in [9.17, 15) is 0 Å². The molecule has 10 heavy (non-hydrogen) atoms. The lowest BCUT2D eigenvalue weighted by Gasteiger charge is -2.13. The first-order valence-electron chi connectivity index (χ1n) is 4.21. The summed E-state index contributed by atoms with van der Waals surface area (Å²) in [5, 5.41) is 0. The van der Waals surface area contributed by atoms with Crippen molar-refractivity contribution in [3.05, 3.63) is 6.92 Å². The van der Waals surface area contributed by atoms with Crippen LogP contribution in [0.25, 0.3) is 0 Å². The minimum absolute atomic E-state index is 0.617. The van der Waals surface area contributed by atoms with Crippen molar-refractivity contribution >= 4 is 0 Å². The van der Waals surface area contributed by atoms with Gasteiger partial charge in [0.05, 0.1) is 0 Å². The van der Waals surface area contributed by atoms with E-state index in [1.165, 1.54) is 12.8 Å². The highest BCUT2D eigenvalue weighted by Gasteiger charge is 2.05. The van der Waals surface area contributed by atoms with Gasteiger partial charge in [-0.1, -0.05) is 26.7 Å². The first kappa shape index (κ1) is 9.96. The van der Waals surface area contributed by atoms with Gasteiger partial charge in [0, 0.05) is 0 Å². The second-order valence-electron chi connectivity index (χ2n) is 3.29. The highest BCUT2D eigenvalue weighted by molar-refractivity contribution is 4.64. The molecule has 0 amide bonds. The second-order valence-corrected chi connectivity index (χ2v) is 3.29. The molecule has 1 atom stereocenters. The highest BCUT2D eigenvalue weighted by atomic mass is 14.5. The molecular formula is C9H20N. The highest BCUT2D eigenvalue weighted by Crippen LogP contribution is 2.15. The zero-order valence-electron chi connectivity index (χ0n) is 7.27. The average Bonchev–Trinajstić information content (AvgIpc) is 1.88. The third-order valence-electron chi connectivity index (χ3n) is 1.97. The van der Waals surface area contributed by atoms with Crippen molar-refractivity contribution < 1.29 is 0 Å². The molecule has 61 valence electrons. The average molecular weight is 142 g/mol. The van der Waals surface area contributed by atoms with Crippen LogP contribution in [0.3, 0.4) is 0 Å². The lowest BCUT2D eigenvalue weighted by molar-refractivity contribution is 0.417. The SMILES string of the molecule is [CH2]C(CCCCN)C(C)C. The first-order chi connectivity index (χ1) is 4.68. The summed E-state index contributed by atoms with van der Waals surface area (Å²) in [7, 11) is 0. The van der Waals surface area contributed by atoms with Crippen LogP contribution in [0, 0.1) is 18.8 Å². The molecule has 0 spiro atoms. The molecule has 0 aliphatic carbocycles. The minimum atomic E-state index is 0.617. The van der Waals surface area contributed by atoms with Crippen molar-refractivity contribution in [1.82, 2.24) is 0 Å². The zero-order chi connectivity index (χ0) is 7.98. The fraction of sp³-hybridized carbons (Fsp3) is 0.889. The van der Waals surface area contributed by atoms with Crippen LogP contribution in [-0.2, 0) is 0 Å². The van der Waals surface area contributed by atoms with E-state index < -0.39 is 0 Å². The fourth-order valence-electron chi connectivity index (χ4n) is 0.884. The molecule has 0 bridgehead atoms. The number of unbranched alkanes of at least 4 members (excludes halogenated alkanes) is 1. The molecule has 1 heteroatoms. The summed E-state index contributed by atoms with van der Waals surface area (Å²) in [6, 6.07) is 0. The molecule has 1 unspecified atom stereocenters. The Hall–Kier alpha value is -0.0400. The lowest BCUT2D eigenvalue weighted by atomic mass is 9.93. The number of hydrogen-bond donors (Lipinski definition) is 1. The van der Waals surface area contributed by atoms with E-state index in [-0.39, 0.29) is 0 Å². The van der Waals surface area contributed by atoms with Gasteiger partial charge in [-0.3, -0.25) is 0 Å². The van der Waals surface area contributed by atoms with Crippen LogP contribution in [0.1, 0.15) is 33.1 Å². The zero-order valence-corrected chi connectivity index (χ0v) is 7.27. The van der Waals surface area contributed by atoms with E-state index in [2.05, 4.69) is 20.8 Å². The molecule has 0 heterocycles. The smallest absolute Gasteiger partial charge is 0.00773 e. The predicted octanol–water partition coefficient (Wildman–Crippen LogP) is 2.22. The summed E-state index contributed by atoms with van der Waals surface area (Å²) in [5.74, 6) is 1.34. The Morgan fingerprint density at radius 3 is 2.30 bits per heavy atom. The van der Waals surface area contributed by atoms with Gasteiger partial charge in [-0.25, -0.2) is 0 Å². The van der Waals surface area contributed by atoms with Crippen molar-refractivity contribution in [2.45, 2.75) is 33.1 Å². The van der Waals surface area contributed by atoms with Gasteiger partial charge in [0.1, 0.15) is 0 Å². The molecule has 0 fully saturated rings. The van der Waals surface area contributed by atoms with E-state index in [0.717, 1.165) is 18.9 Å². The normalized spacial score (nSPS) is 14.1. The van der Waals surface area contributed by atoms with Crippen LogP contribution in [0.2, 0.25) is 0 Å². The van der Waals surface area contributed by atoms with Gasteiger partial charge in [0.25, 0.3) is 0 Å². The van der Waals surface area contributed by atoms with E-state index in [1.807, 2.05) is 0 Å². The maximum atomic E-state index is 5.37. The molecular weight excluding hydrogens is 122 g/mol. The molecule has 0 rings (SSSR count). The molecule has 0 aromatic heterocycles. The quantitative estimate of drug-likeness (QED) is 0.585. The fourth-order valence-corrected chi connectivity index (χ4v) is 0.884. The predicted molar refractivity (Wildman–Crippen MR) is 46.6 cm³/mol. The molecule has 0 saturated heterocycles. The summed E-state index contributed by atoms with van der Waals surface area (Å²) in [5.41, 5.74) is 5.37. The molecule has 2 N–H and O–H groups in total. The Morgan fingerprint density at radius 2 is 1.90 bits per heavy atom. The van der Waals surface area contributed by atoms with Gasteiger partial charge in [-0.15, -0.1) is 0 Å². The molecule has 0 aliphatic rings. The standard InChI is InChI=1S/C9H20N/c1-8(2)9(3)6-4-5-7-10/h8-9H,3-7,10H2,1-2H3. The van der Waals surface area contributed by atoms with Crippen molar-refractivity contribution in [2.75, 3.05) is 6.54 Å². The third kappa shape index (κ3) is 4.80. The lowest BCUT2D eigenvalue weighted by Crippen LogP contribution is -2.05. The van der Waals surface area contributed by atoms with Crippen LogP contribution in [0.4, 0.5) is 0 Å². The van der Waals surface area contributed by atoms with Gasteiger partial charge < -0.3 is 5.73 Å². The van der Waals surface area contributed by atoms with Crippen LogP contribution >= 0.6 is 0 Å². The van der Waals surface area contributed by atoms with Gasteiger partial charge in [-0.05, 0) is 31.7 Å². The van der Waals surface area contributed by atoms with E-state index >= 15 is 0 Å². The van der Waals surface area contributed by atoms with Gasteiger partial charge >= 0.3 is 0 Å². The largest absolute Gasteiger partial charge is 0.330 e. The number of hydrogen-bond acceptors (Lipinski definition) is 1. The number of nitrogens with two attached hydrogens (primary N) is 1. The van der Waals surface area contributed by atoms with Gasteiger partial charge in [0.15, 0.2) is 0 Å². The third-order valence-corrected chi connectivity index (χ3v) is 1.97. The summed E-state index contributed by atoms with van der Waals surface area (Å²) in [4.78, 5) is 0. The van der Waals surface area contributed by atoms with Crippen molar-refractivity contribution in [2.24, 2.45) is 17.6 Å². The Bertz CT molecular complexity index is 69.1. The molecule has 0 saturated carbocycles. The summed E-state index contributed by atoms with van der Waals surface area (Å²) < 4.78 is 0. The molecule has 0 aromatic rings. The van der Waals surface area contributed by atoms with Gasteiger partial charge in [0.2, 0.25) is 0 Å². The molecule has 0 aliphatic heterocycles. The summed E-state index contributed by atoms with van der Waals surface area (Å²) in [6.45, 7) is 9.34. The van der Waals surface area contributed by atoms with Crippen LogP contribution in [0.5, 0.6) is 0 Å². The minimum Gasteiger partial charge on any atom is -0.330 e. The van der Waals surface area contributed by atoms with Gasteiger partial charge in [-0.2, -0.15) is 0 Å². The van der Waals surface area contributed by atoms with Crippen LogP contribution < -0.4 is 5.73 Å². The first-order valence-corrected chi connectivity index (χ1v) is 4.21. The van der Waals surface area contributed by atoms with E-state index in [0.29, 0.717) is 5.92 Å². The second kappa shape index (κ2) is 5.72. The van der Waals surface area contributed by atoms with Crippen LogP contribution in [-0.4, -0.2) is 6.54 Å². The molecule has 1 nitrogen and oxygen atoms in total. The van der Waals surface area contributed by atoms with Crippen LogP contribution in [0.15, 0.2) is 0 Å². The Balaban J connectivity index is 3.13. The van der Waals surface area contributed by atoms with Crippen molar-refractivity contribution in [3.63, 3.8) is 0 Å².